The number of esters is 2. The molecule has 0 aliphatic carbocycles. The Bertz CT molecular complexity index is 672. The highest BCUT2D eigenvalue weighted by atomic mass is 16.5. The molecule has 0 fully saturated rings. The van der Waals surface area contributed by atoms with Crippen molar-refractivity contribution >= 4 is 23.6 Å². The lowest BCUT2D eigenvalue weighted by molar-refractivity contribution is -0.146. The number of ether oxygens (including phenoxy) is 2. The summed E-state index contributed by atoms with van der Waals surface area (Å²) in [6.07, 6.45) is -0.476. The van der Waals surface area contributed by atoms with Gasteiger partial charge in [-0.2, -0.15) is 5.10 Å². The molecule has 1 rings (SSSR count). The second-order valence-electron chi connectivity index (χ2n) is 6.53. The van der Waals surface area contributed by atoms with Gasteiger partial charge in [0.15, 0.2) is 5.71 Å². The number of amides is 1. The average molecular weight is 362 g/mol. The number of benzene rings is 1. The number of carbonyl (C=O) groups is 3. The molecule has 142 valence electrons. The van der Waals surface area contributed by atoms with Crippen LogP contribution in [0.1, 0.15) is 52.2 Å². The first-order valence-corrected chi connectivity index (χ1v) is 8.49. The van der Waals surface area contributed by atoms with Gasteiger partial charge >= 0.3 is 11.9 Å². The molecule has 0 unspecified atom stereocenters. The molecule has 0 aliphatic rings. The summed E-state index contributed by atoms with van der Waals surface area (Å²) in [5.41, 5.74) is 3.73. The summed E-state index contributed by atoms with van der Waals surface area (Å²) in [5, 5.41) is 3.85. The van der Waals surface area contributed by atoms with Gasteiger partial charge in [0, 0.05) is 5.56 Å². The molecule has 1 aromatic carbocycles. The van der Waals surface area contributed by atoms with Crippen LogP contribution in [-0.2, 0) is 29.3 Å². The van der Waals surface area contributed by atoms with Crippen molar-refractivity contribution in [2.75, 3.05) is 13.2 Å². The second kappa shape index (κ2) is 9.70. The molecule has 0 bridgehead atoms. The minimum Gasteiger partial charge on any atom is -0.466 e. The standard InChI is InChI=1S/C19H26N2O5/c1-6-25-16(23)12-15(22)20-21-17(18(24)26-7-2)13-8-10-14(11-9-13)19(3,4)5/h8-11H,6-7,12H2,1-5H3,(H,20,22). The molecule has 26 heavy (non-hydrogen) atoms. The van der Waals surface area contributed by atoms with Gasteiger partial charge in [-0.1, -0.05) is 45.0 Å². The topological polar surface area (TPSA) is 94.1 Å². The maximum absolute atomic E-state index is 12.2. The molecule has 7 nitrogen and oxygen atoms in total. The highest BCUT2D eigenvalue weighted by Crippen LogP contribution is 2.22. The number of nitrogens with zero attached hydrogens (tertiary/aromatic N) is 1. The Morgan fingerprint density at radius 2 is 1.58 bits per heavy atom. The van der Waals surface area contributed by atoms with Gasteiger partial charge in [0.05, 0.1) is 13.2 Å². The zero-order valence-corrected chi connectivity index (χ0v) is 15.9. The van der Waals surface area contributed by atoms with Crippen molar-refractivity contribution in [1.82, 2.24) is 5.43 Å². The molecule has 0 heterocycles. The molecule has 0 saturated heterocycles. The van der Waals surface area contributed by atoms with Crippen molar-refractivity contribution in [3.05, 3.63) is 35.4 Å². The van der Waals surface area contributed by atoms with E-state index in [2.05, 4.69) is 31.3 Å². The van der Waals surface area contributed by atoms with Crippen molar-refractivity contribution in [2.24, 2.45) is 5.10 Å². The molecule has 0 aromatic heterocycles. The van der Waals surface area contributed by atoms with Gasteiger partial charge in [-0.15, -0.1) is 0 Å². The van der Waals surface area contributed by atoms with Gasteiger partial charge < -0.3 is 9.47 Å². The van der Waals surface area contributed by atoms with Gasteiger partial charge in [0.2, 0.25) is 0 Å². The van der Waals surface area contributed by atoms with Crippen LogP contribution in [-0.4, -0.2) is 36.8 Å². The molecule has 0 saturated carbocycles. The Labute approximate surface area is 153 Å². The number of hydrogen-bond acceptors (Lipinski definition) is 6. The largest absolute Gasteiger partial charge is 0.466 e. The maximum atomic E-state index is 12.2. The van der Waals surface area contributed by atoms with Gasteiger partial charge in [-0.3, -0.25) is 9.59 Å². The molecule has 7 heteroatoms. The smallest absolute Gasteiger partial charge is 0.359 e. The van der Waals surface area contributed by atoms with E-state index in [9.17, 15) is 14.4 Å². The van der Waals surface area contributed by atoms with Crippen LogP contribution >= 0.6 is 0 Å². The van der Waals surface area contributed by atoms with E-state index in [1.165, 1.54) is 0 Å². The summed E-state index contributed by atoms with van der Waals surface area (Å²) in [6, 6.07) is 7.27. The number of nitrogens with one attached hydrogen (secondary N) is 1. The predicted molar refractivity (Wildman–Crippen MR) is 97.7 cm³/mol. The van der Waals surface area contributed by atoms with Crippen molar-refractivity contribution in [3.8, 4) is 0 Å². The van der Waals surface area contributed by atoms with E-state index in [4.69, 9.17) is 9.47 Å². The third kappa shape index (κ3) is 6.66. The van der Waals surface area contributed by atoms with Gasteiger partial charge in [0.25, 0.3) is 5.91 Å². The fraction of sp³-hybridized carbons (Fsp3) is 0.474. The number of hydrogen-bond donors (Lipinski definition) is 1. The predicted octanol–water partition coefficient (Wildman–Crippen LogP) is 2.32. The molecular weight excluding hydrogens is 336 g/mol. The second-order valence-corrected chi connectivity index (χ2v) is 6.53. The molecule has 1 aromatic rings. The summed E-state index contributed by atoms with van der Waals surface area (Å²) >= 11 is 0. The highest BCUT2D eigenvalue weighted by Gasteiger charge is 2.19. The minimum absolute atomic E-state index is 0.0341. The summed E-state index contributed by atoms with van der Waals surface area (Å²) in [5.74, 6) is -1.99. The lowest BCUT2D eigenvalue weighted by Gasteiger charge is -2.19. The summed E-state index contributed by atoms with van der Waals surface area (Å²) in [7, 11) is 0. The quantitative estimate of drug-likeness (QED) is 0.348. The first kappa shape index (κ1) is 21.3. The van der Waals surface area contributed by atoms with Crippen molar-refractivity contribution in [2.45, 2.75) is 46.5 Å². The molecule has 0 spiro atoms. The van der Waals surface area contributed by atoms with Crippen LogP contribution in [0, 0.1) is 0 Å². The molecule has 1 N–H and O–H groups in total. The lowest BCUT2D eigenvalue weighted by atomic mass is 9.86. The van der Waals surface area contributed by atoms with E-state index < -0.39 is 24.3 Å². The Morgan fingerprint density at radius 1 is 1.00 bits per heavy atom. The summed E-state index contributed by atoms with van der Waals surface area (Å²) < 4.78 is 9.69. The van der Waals surface area contributed by atoms with E-state index in [1.807, 2.05) is 12.1 Å². The summed E-state index contributed by atoms with van der Waals surface area (Å²) in [4.78, 5) is 35.2. The zero-order chi connectivity index (χ0) is 19.7. The molecule has 1 amide bonds. The first-order valence-electron chi connectivity index (χ1n) is 8.49. The van der Waals surface area contributed by atoms with Gasteiger partial charge in [0.1, 0.15) is 6.42 Å². The van der Waals surface area contributed by atoms with Crippen LogP contribution in [0.5, 0.6) is 0 Å². The fourth-order valence-corrected chi connectivity index (χ4v) is 2.06. The van der Waals surface area contributed by atoms with Crippen LogP contribution in [0.3, 0.4) is 0 Å². The van der Waals surface area contributed by atoms with E-state index in [0.717, 1.165) is 5.56 Å². The zero-order valence-electron chi connectivity index (χ0n) is 15.9. The normalized spacial score (nSPS) is 11.7. The Balaban J connectivity index is 3.00. The molecule has 0 aliphatic heterocycles. The average Bonchev–Trinajstić information content (AvgIpc) is 2.55. The van der Waals surface area contributed by atoms with Crippen LogP contribution in [0.15, 0.2) is 29.4 Å². The fourth-order valence-electron chi connectivity index (χ4n) is 2.06. The van der Waals surface area contributed by atoms with E-state index in [1.54, 1.807) is 26.0 Å². The number of rotatable bonds is 7. The van der Waals surface area contributed by atoms with Crippen LogP contribution in [0.25, 0.3) is 0 Å². The van der Waals surface area contributed by atoms with Crippen LogP contribution in [0.2, 0.25) is 0 Å². The van der Waals surface area contributed by atoms with Crippen LogP contribution < -0.4 is 5.43 Å². The lowest BCUT2D eigenvalue weighted by Crippen LogP contribution is -2.27. The monoisotopic (exact) mass is 362 g/mol. The van der Waals surface area contributed by atoms with E-state index in [-0.39, 0.29) is 24.3 Å². The number of hydrazone groups is 1. The SMILES string of the molecule is CCOC(=O)CC(=O)NN=C(C(=O)OCC)c1ccc(C(C)(C)C)cc1. The Morgan fingerprint density at radius 3 is 2.08 bits per heavy atom. The number of carbonyl (C=O) groups excluding carboxylic acids is 3. The highest BCUT2D eigenvalue weighted by molar-refractivity contribution is 6.43. The van der Waals surface area contributed by atoms with E-state index >= 15 is 0 Å². The Kier molecular flexibility index (Phi) is 7.96. The van der Waals surface area contributed by atoms with Crippen LogP contribution in [0.4, 0.5) is 0 Å². The first-order chi connectivity index (χ1) is 12.2. The van der Waals surface area contributed by atoms with Gasteiger partial charge in [-0.05, 0) is 24.8 Å². The molecule has 0 radical (unpaired) electrons. The van der Waals surface area contributed by atoms with Crippen molar-refractivity contribution in [3.63, 3.8) is 0 Å². The third-order valence-corrected chi connectivity index (χ3v) is 3.40. The van der Waals surface area contributed by atoms with E-state index in [0.29, 0.717) is 5.56 Å². The third-order valence-electron chi connectivity index (χ3n) is 3.40. The summed E-state index contributed by atoms with van der Waals surface area (Å²) in [6.45, 7) is 9.93. The maximum Gasteiger partial charge on any atom is 0.359 e. The van der Waals surface area contributed by atoms with Crippen molar-refractivity contribution in [1.29, 1.82) is 0 Å². The minimum atomic E-state index is -0.670. The molecule has 0 atom stereocenters. The Hall–Kier alpha value is -2.70. The van der Waals surface area contributed by atoms with Crippen molar-refractivity contribution < 1.29 is 23.9 Å². The van der Waals surface area contributed by atoms with Gasteiger partial charge in [-0.25, -0.2) is 10.2 Å². The molecular formula is C19H26N2O5.